The highest BCUT2D eigenvalue weighted by Crippen LogP contribution is 2.31. The van der Waals surface area contributed by atoms with Gasteiger partial charge in [-0.15, -0.1) is 0 Å². The van der Waals surface area contributed by atoms with Crippen molar-refractivity contribution < 1.29 is 28.0 Å². The van der Waals surface area contributed by atoms with E-state index in [0.29, 0.717) is 87.3 Å². The fourth-order valence-corrected chi connectivity index (χ4v) is 16.0. The summed E-state index contributed by atoms with van der Waals surface area (Å²) in [4.78, 5) is 97.7. The van der Waals surface area contributed by atoms with E-state index in [1.165, 1.54) is 43.9 Å². The van der Waals surface area contributed by atoms with Gasteiger partial charge in [-0.2, -0.15) is 20.4 Å². The zero-order valence-electron chi connectivity index (χ0n) is 70.7. The summed E-state index contributed by atoms with van der Waals surface area (Å²) in [6, 6.07) is 43.9. The van der Waals surface area contributed by atoms with E-state index >= 15 is 0 Å². The quantitative estimate of drug-likeness (QED) is 0.0745. The number of carbonyl (C=O) groups is 4. The number of pyridine rings is 1. The maximum atomic E-state index is 14.2. The maximum absolute atomic E-state index is 14.2. The molecular formula is C93H109F2N19O5. The normalized spacial score (nSPS) is 14.9. The number of likely N-dealkylation sites (tertiary alicyclic amines) is 2. The van der Waals surface area contributed by atoms with Crippen molar-refractivity contribution in [3.8, 4) is 45.0 Å². The molecule has 0 radical (unpaired) electrons. The van der Waals surface area contributed by atoms with Gasteiger partial charge in [0.2, 0.25) is 5.56 Å². The van der Waals surface area contributed by atoms with Crippen molar-refractivity contribution in [3.05, 3.63) is 219 Å². The number of nitrogens with zero attached hydrogens (tertiary/aromatic N) is 18. The van der Waals surface area contributed by atoms with E-state index in [9.17, 15) is 32.8 Å². The van der Waals surface area contributed by atoms with Crippen LogP contribution in [0.1, 0.15) is 224 Å². The van der Waals surface area contributed by atoms with Gasteiger partial charge in [0, 0.05) is 139 Å². The van der Waals surface area contributed by atoms with Gasteiger partial charge in [-0.1, -0.05) is 123 Å². The highest BCUT2D eigenvalue weighted by molar-refractivity contribution is 5.96. The average Bonchev–Trinajstić information content (AvgIpc) is 1.65. The van der Waals surface area contributed by atoms with Crippen molar-refractivity contribution in [2.75, 3.05) is 26.7 Å². The number of fused-ring (bicyclic) bond motifs is 6. The van der Waals surface area contributed by atoms with Crippen LogP contribution < -0.4 is 5.56 Å². The monoisotopic (exact) mass is 1610 g/mol. The molecule has 4 atom stereocenters. The fraction of sp³-hybridized carbons (Fsp3) is 0.398. The van der Waals surface area contributed by atoms with Crippen molar-refractivity contribution in [1.82, 2.24) is 92.5 Å². The van der Waals surface area contributed by atoms with Crippen molar-refractivity contribution in [3.63, 3.8) is 0 Å². The molecule has 0 aliphatic carbocycles. The average molecular weight is 1610 g/mol. The number of unbranched alkanes of at least 4 members (excludes halogenated alkanes) is 1. The number of benzene rings is 4. The lowest BCUT2D eigenvalue weighted by molar-refractivity contribution is 0.0682. The number of amides is 4. The summed E-state index contributed by atoms with van der Waals surface area (Å²) in [5.74, 6) is -0.794. The Bertz CT molecular complexity index is 6050. The first kappa shape index (κ1) is 84.7. The van der Waals surface area contributed by atoms with E-state index < -0.39 is 0 Å². The molecular weight excluding hydrogens is 1500 g/mol. The first-order valence-electron chi connectivity index (χ1n) is 42.4. The third kappa shape index (κ3) is 18.7. The van der Waals surface area contributed by atoms with Gasteiger partial charge in [0.25, 0.3) is 23.6 Å². The van der Waals surface area contributed by atoms with Crippen LogP contribution in [0.4, 0.5) is 8.78 Å². The van der Waals surface area contributed by atoms with E-state index in [0.717, 1.165) is 151 Å². The largest absolute Gasteiger partial charge is 0.338 e. The Morgan fingerprint density at radius 1 is 0.496 bits per heavy atom. The molecule has 4 amide bonds. The number of carbonyl (C=O) groups excluding carboxylic acids is 4. The smallest absolute Gasteiger partial charge is 0.272 e. The Kier molecular flexibility index (Phi) is 27.1. The summed E-state index contributed by atoms with van der Waals surface area (Å²) in [5, 5.41) is 19.6. The second-order valence-corrected chi connectivity index (χ2v) is 31.3. The Hall–Kier alpha value is -12.2. The summed E-state index contributed by atoms with van der Waals surface area (Å²) in [7, 11) is 3.81. The van der Waals surface area contributed by atoms with Crippen LogP contribution in [0, 0.1) is 11.6 Å². The van der Waals surface area contributed by atoms with Crippen LogP contribution in [-0.4, -0.2) is 167 Å². The molecule has 26 heteroatoms. The molecule has 1 N–H and O–H groups in total. The number of H-pyrrole nitrogens is 1. The molecule has 0 spiro atoms. The summed E-state index contributed by atoms with van der Waals surface area (Å²) < 4.78 is 37.4. The van der Waals surface area contributed by atoms with Gasteiger partial charge in [-0.25, -0.2) is 51.8 Å². The summed E-state index contributed by atoms with van der Waals surface area (Å²) in [6.45, 7) is 25.0. The highest BCUT2D eigenvalue weighted by atomic mass is 19.1. The minimum atomic E-state index is -0.329. The molecule has 24 nitrogen and oxygen atoms in total. The van der Waals surface area contributed by atoms with Gasteiger partial charge in [0.05, 0.1) is 40.1 Å². The number of aromatic amines is 1. The molecule has 14 aromatic rings. The molecule has 4 aromatic carbocycles. The fourth-order valence-electron chi connectivity index (χ4n) is 16.0. The minimum Gasteiger partial charge on any atom is -0.338 e. The van der Waals surface area contributed by atoms with Crippen LogP contribution in [0.25, 0.3) is 89.6 Å². The van der Waals surface area contributed by atoms with Crippen LogP contribution >= 0.6 is 0 Å². The molecule has 2 fully saturated rings. The van der Waals surface area contributed by atoms with E-state index in [4.69, 9.17) is 20.2 Å². The Morgan fingerprint density at radius 2 is 0.950 bits per heavy atom. The molecule has 620 valence electrons. The van der Waals surface area contributed by atoms with Crippen molar-refractivity contribution in [1.29, 1.82) is 0 Å². The van der Waals surface area contributed by atoms with Gasteiger partial charge < -0.3 is 29.2 Å². The number of hydrogen-bond donors (Lipinski definition) is 1. The SMILES string of the molecule is CCCC(C)N(CC)C(=O)c1cc(CC)n2nc(-c3ccccc3F)cc2n1.CCCCC(C)N(C)C(=O)c1cc(CC)n2nc(-c3ccccc3F)cc2n1.CCc1cc(C(=O)N2CCCCCC2C)nc2cc(-c3ccc4[nH]c(=O)ccc4c3)nn12.CCc1cc(C(=O)N2CCCCCC2C)nc2cc(-c3ccc4c(c3)ncn4C)nn12. The Labute approximate surface area is 692 Å². The van der Waals surface area contributed by atoms with Crippen LogP contribution in [-0.2, 0) is 32.7 Å². The van der Waals surface area contributed by atoms with Crippen LogP contribution in [0.2, 0.25) is 0 Å². The lowest BCUT2D eigenvalue weighted by Crippen LogP contribution is -2.39. The molecule has 4 unspecified atom stereocenters. The molecule has 2 aliphatic heterocycles. The van der Waals surface area contributed by atoms with E-state index in [1.54, 1.807) is 74.6 Å². The molecule has 119 heavy (non-hydrogen) atoms. The van der Waals surface area contributed by atoms with Gasteiger partial charge in [-0.3, -0.25) is 24.0 Å². The first-order valence-corrected chi connectivity index (χ1v) is 42.4. The molecule has 10 aromatic heterocycles. The number of rotatable bonds is 20. The standard InChI is InChI=1S/C25H27N5O2.C24H28N6O.2C22H27FN4O/c1-3-19-14-22(25(32)29-12-6-4-5-7-16(29)2)26-23-15-21(28-30(19)23)18-8-10-20-17(13-18)9-11-24(31)27-20;1-4-18-13-21(24(31)29-11-7-5-6-8-16(29)2)26-23-14-19(27-30(18)23)17-9-10-22-20(12-17)25-15-28(22)3;1-5-7-10-15(3)26(4)22(28)20-13-16(6-2)27-21(24-20)14-19(25-27)17-11-8-9-12-18(17)23;1-5-10-15(4)26(7-3)22(28)20-13-16(6-2)27-21(24-20)14-19(25-27)17-11-8-9-12-18(17)23/h8-11,13-16H,3-7,12H2,1-2H3,(H,27,31);9-10,12-16H,4-8,11H2,1-3H3;2*8-9,11-15H,5-7,10H2,1-4H3. The van der Waals surface area contributed by atoms with Crippen molar-refractivity contribution >= 4 is 68.2 Å². The van der Waals surface area contributed by atoms with Crippen molar-refractivity contribution in [2.45, 2.75) is 209 Å². The van der Waals surface area contributed by atoms with E-state index in [1.807, 2.05) is 124 Å². The predicted molar refractivity (Wildman–Crippen MR) is 464 cm³/mol. The number of aryl methyl sites for hydroxylation is 5. The number of imidazole rings is 1. The number of hydrogen-bond acceptors (Lipinski definition) is 14. The molecule has 0 bridgehead atoms. The Balaban J connectivity index is 0.000000138. The molecule has 12 heterocycles. The maximum Gasteiger partial charge on any atom is 0.272 e. The third-order valence-electron chi connectivity index (χ3n) is 23.1. The van der Waals surface area contributed by atoms with Gasteiger partial charge in [-0.05, 0) is 183 Å². The summed E-state index contributed by atoms with van der Waals surface area (Å²) >= 11 is 0. The molecule has 2 aliphatic rings. The van der Waals surface area contributed by atoms with E-state index in [2.05, 4.69) is 97.7 Å². The zero-order valence-corrected chi connectivity index (χ0v) is 70.7. The van der Waals surface area contributed by atoms with Gasteiger partial charge in [0.15, 0.2) is 22.6 Å². The van der Waals surface area contributed by atoms with Crippen LogP contribution in [0.3, 0.4) is 0 Å². The summed E-state index contributed by atoms with van der Waals surface area (Å²) in [5.41, 5.74) is 16.1. The summed E-state index contributed by atoms with van der Waals surface area (Å²) in [6.07, 6.45) is 18.7. The van der Waals surface area contributed by atoms with Gasteiger partial charge >= 0.3 is 0 Å². The predicted octanol–water partition coefficient (Wildman–Crippen LogP) is 18.0. The molecule has 2 saturated heterocycles. The van der Waals surface area contributed by atoms with Gasteiger partial charge in [0.1, 0.15) is 34.4 Å². The number of nitrogens with one attached hydrogen (secondary N) is 1. The van der Waals surface area contributed by atoms with Crippen LogP contribution in [0.15, 0.2) is 157 Å². The van der Waals surface area contributed by atoms with E-state index in [-0.39, 0.29) is 65.0 Å². The zero-order chi connectivity index (χ0) is 84.3. The highest BCUT2D eigenvalue weighted by Gasteiger charge is 2.30. The lowest BCUT2D eigenvalue weighted by Gasteiger charge is -2.27. The number of halogens is 2. The third-order valence-corrected chi connectivity index (χ3v) is 23.1. The minimum absolute atomic E-state index is 0.00834. The second kappa shape index (κ2) is 38.0. The first-order chi connectivity index (χ1) is 57.5. The number of aromatic nitrogens is 15. The second-order valence-electron chi connectivity index (χ2n) is 31.3. The Morgan fingerprint density at radius 3 is 1.43 bits per heavy atom. The molecule has 16 rings (SSSR count). The topological polar surface area (TPSA) is 253 Å². The molecule has 0 saturated carbocycles. The van der Waals surface area contributed by atoms with Crippen LogP contribution in [0.5, 0.6) is 0 Å². The lowest BCUT2D eigenvalue weighted by atomic mass is 10.1. The van der Waals surface area contributed by atoms with Crippen molar-refractivity contribution in [2.24, 2.45) is 7.05 Å².